The Morgan fingerprint density at radius 1 is 0.944 bits per heavy atom. The lowest BCUT2D eigenvalue weighted by Crippen LogP contribution is -2.48. The van der Waals surface area contributed by atoms with Crippen molar-refractivity contribution in [3.05, 3.63) is 72.3 Å². The molecule has 0 bridgehead atoms. The average Bonchev–Trinajstić information content (AvgIpc) is 3.09. The van der Waals surface area contributed by atoms with Gasteiger partial charge in [-0.05, 0) is 42.3 Å². The molecule has 1 N–H and O–H groups in total. The van der Waals surface area contributed by atoms with Gasteiger partial charge in [-0.15, -0.1) is 0 Å². The van der Waals surface area contributed by atoms with Crippen LogP contribution in [-0.2, 0) is 26.2 Å². The van der Waals surface area contributed by atoms with Crippen molar-refractivity contribution in [1.82, 2.24) is 10.2 Å². The van der Waals surface area contributed by atoms with Crippen LogP contribution in [0.25, 0.3) is 10.8 Å². The number of rotatable bonds is 10. The van der Waals surface area contributed by atoms with E-state index in [1.165, 1.54) is 4.31 Å². The Bertz CT molecular complexity index is 1350. The first-order valence-electron chi connectivity index (χ1n) is 12.4. The van der Waals surface area contributed by atoms with Gasteiger partial charge in [-0.1, -0.05) is 68.4 Å². The Morgan fingerprint density at radius 2 is 1.64 bits per heavy atom. The molecule has 2 amide bonds. The first-order chi connectivity index (χ1) is 17.2. The molecule has 0 aliphatic carbocycles. The second-order valence-electron chi connectivity index (χ2n) is 9.63. The van der Waals surface area contributed by atoms with Crippen LogP contribution in [0.2, 0.25) is 0 Å². The van der Waals surface area contributed by atoms with Crippen LogP contribution < -0.4 is 9.62 Å². The van der Waals surface area contributed by atoms with Crippen molar-refractivity contribution in [2.75, 3.05) is 17.4 Å². The topological polar surface area (TPSA) is 86.8 Å². The Labute approximate surface area is 213 Å². The summed E-state index contributed by atoms with van der Waals surface area (Å²) in [6.45, 7) is 6.80. The zero-order valence-electron chi connectivity index (χ0n) is 21.0. The highest BCUT2D eigenvalue weighted by Crippen LogP contribution is 2.42. The number of hydrogen-bond acceptors (Lipinski definition) is 4. The normalized spacial score (nSPS) is 14.7. The molecule has 7 nitrogen and oxygen atoms in total. The molecule has 1 atom stereocenters. The van der Waals surface area contributed by atoms with E-state index in [0.717, 1.165) is 16.3 Å². The van der Waals surface area contributed by atoms with Gasteiger partial charge in [0.05, 0.1) is 10.6 Å². The summed E-state index contributed by atoms with van der Waals surface area (Å²) in [7, 11) is -3.67. The number of carbonyl (C=O) groups excluding carboxylic acids is 2. The van der Waals surface area contributed by atoms with Gasteiger partial charge in [0.25, 0.3) is 10.0 Å². The lowest BCUT2D eigenvalue weighted by atomic mass is 10.1. The molecule has 3 aromatic rings. The van der Waals surface area contributed by atoms with Crippen molar-refractivity contribution >= 4 is 38.3 Å². The van der Waals surface area contributed by atoms with Crippen molar-refractivity contribution < 1.29 is 18.0 Å². The number of carbonyl (C=O) groups is 2. The number of nitrogens with zero attached hydrogens (tertiary/aromatic N) is 2. The molecular weight excluding hydrogens is 474 g/mol. The van der Waals surface area contributed by atoms with E-state index in [1.807, 2.05) is 62.4 Å². The fourth-order valence-electron chi connectivity index (χ4n) is 4.53. The minimum Gasteiger partial charge on any atom is -0.354 e. The maximum Gasteiger partial charge on any atom is 0.265 e. The van der Waals surface area contributed by atoms with Gasteiger partial charge in [0.2, 0.25) is 11.8 Å². The highest BCUT2D eigenvalue weighted by atomic mass is 32.2. The second-order valence-corrected chi connectivity index (χ2v) is 11.5. The van der Waals surface area contributed by atoms with E-state index in [9.17, 15) is 18.0 Å². The van der Waals surface area contributed by atoms with Crippen LogP contribution in [0.4, 0.5) is 5.69 Å². The molecule has 190 valence electrons. The van der Waals surface area contributed by atoms with Crippen molar-refractivity contribution in [2.24, 2.45) is 5.92 Å². The van der Waals surface area contributed by atoms with E-state index >= 15 is 0 Å². The molecule has 0 radical (unpaired) electrons. The third kappa shape index (κ3) is 5.23. The summed E-state index contributed by atoms with van der Waals surface area (Å²) in [6, 6.07) is 19.7. The summed E-state index contributed by atoms with van der Waals surface area (Å²) < 4.78 is 27.8. The summed E-state index contributed by atoms with van der Waals surface area (Å²) >= 11 is 0. The monoisotopic (exact) mass is 507 g/mol. The standard InChI is InChI=1S/C28H33N3O4S/c1-20(2)18-29-28(33)21(3)30(19-22-10-5-4-6-11-22)26(32)16-9-17-31-24-14-7-12-23-13-8-15-25(27(23)24)36(31,34)35/h4-8,10-15,20-21H,9,16-19H2,1-3H3,(H,29,33)/t21-/m1/s1. The average molecular weight is 508 g/mol. The lowest BCUT2D eigenvalue weighted by Gasteiger charge is -2.29. The van der Waals surface area contributed by atoms with Gasteiger partial charge in [0, 0.05) is 31.4 Å². The number of benzene rings is 3. The van der Waals surface area contributed by atoms with Crippen molar-refractivity contribution in [2.45, 2.75) is 51.1 Å². The lowest BCUT2D eigenvalue weighted by molar-refractivity contribution is -0.140. The molecule has 4 rings (SSSR count). The molecule has 0 fully saturated rings. The minimum absolute atomic E-state index is 0.132. The second kappa shape index (κ2) is 10.7. The maximum absolute atomic E-state index is 13.4. The zero-order chi connectivity index (χ0) is 25.9. The highest BCUT2D eigenvalue weighted by molar-refractivity contribution is 7.93. The van der Waals surface area contributed by atoms with Gasteiger partial charge in [-0.2, -0.15) is 0 Å². The summed E-state index contributed by atoms with van der Waals surface area (Å²) in [5, 5.41) is 4.52. The fourth-order valence-corrected chi connectivity index (χ4v) is 6.28. The largest absolute Gasteiger partial charge is 0.354 e. The van der Waals surface area contributed by atoms with E-state index < -0.39 is 16.1 Å². The molecule has 8 heteroatoms. The highest BCUT2D eigenvalue weighted by Gasteiger charge is 2.35. The summed E-state index contributed by atoms with van der Waals surface area (Å²) in [6.07, 6.45) is 0.473. The number of nitrogens with one attached hydrogen (secondary N) is 1. The SMILES string of the molecule is CC(C)CNC(=O)[C@@H](C)N(Cc1ccccc1)C(=O)CCCN1c2cccc3cccc(c23)S1(=O)=O. The van der Waals surface area contributed by atoms with Crippen LogP contribution in [0.1, 0.15) is 39.2 Å². The molecule has 0 saturated heterocycles. The van der Waals surface area contributed by atoms with Gasteiger partial charge in [0.1, 0.15) is 6.04 Å². The molecule has 3 aromatic carbocycles. The Kier molecular flexibility index (Phi) is 7.64. The molecular formula is C28H33N3O4S. The van der Waals surface area contributed by atoms with Gasteiger partial charge < -0.3 is 10.2 Å². The predicted octanol–water partition coefficient (Wildman–Crippen LogP) is 4.32. The molecule has 36 heavy (non-hydrogen) atoms. The van der Waals surface area contributed by atoms with Gasteiger partial charge in [0.15, 0.2) is 0 Å². The Hall–Kier alpha value is -3.39. The Morgan fingerprint density at radius 3 is 2.33 bits per heavy atom. The predicted molar refractivity (Wildman–Crippen MR) is 142 cm³/mol. The van der Waals surface area contributed by atoms with E-state index in [-0.39, 0.29) is 24.8 Å². The van der Waals surface area contributed by atoms with Gasteiger partial charge >= 0.3 is 0 Å². The van der Waals surface area contributed by atoms with Gasteiger partial charge in [-0.25, -0.2) is 8.42 Å². The molecule has 0 saturated carbocycles. The minimum atomic E-state index is -3.67. The van der Waals surface area contributed by atoms with Crippen LogP contribution in [0.5, 0.6) is 0 Å². The van der Waals surface area contributed by atoms with Crippen LogP contribution in [0, 0.1) is 5.92 Å². The van der Waals surface area contributed by atoms with Crippen molar-refractivity contribution in [1.29, 1.82) is 0 Å². The van der Waals surface area contributed by atoms with Crippen LogP contribution in [0.3, 0.4) is 0 Å². The number of anilines is 1. The first-order valence-corrected chi connectivity index (χ1v) is 13.8. The fraction of sp³-hybridized carbons (Fsp3) is 0.357. The van der Waals surface area contributed by atoms with Crippen LogP contribution in [0.15, 0.2) is 71.6 Å². The Balaban J connectivity index is 1.47. The zero-order valence-corrected chi connectivity index (χ0v) is 21.8. The van der Waals surface area contributed by atoms with Gasteiger partial charge in [-0.3, -0.25) is 13.9 Å². The molecule has 0 aromatic heterocycles. The number of amides is 2. The molecule has 0 unspecified atom stereocenters. The van der Waals surface area contributed by atoms with E-state index in [2.05, 4.69) is 5.32 Å². The van der Waals surface area contributed by atoms with Crippen LogP contribution >= 0.6 is 0 Å². The van der Waals surface area contributed by atoms with E-state index in [0.29, 0.717) is 36.0 Å². The summed E-state index contributed by atoms with van der Waals surface area (Å²) in [5.41, 5.74) is 1.58. The molecule has 1 aliphatic heterocycles. The van der Waals surface area contributed by atoms with Crippen LogP contribution in [-0.4, -0.2) is 44.3 Å². The maximum atomic E-state index is 13.4. The first kappa shape index (κ1) is 25.7. The molecule has 1 aliphatic rings. The van der Waals surface area contributed by atoms with Crippen molar-refractivity contribution in [3.63, 3.8) is 0 Å². The molecule has 1 heterocycles. The molecule has 0 spiro atoms. The quantitative estimate of drug-likeness (QED) is 0.443. The van der Waals surface area contributed by atoms with E-state index in [1.54, 1.807) is 30.0 Å². The van der Waals surface area contributed by atoms with E-state index in [4.69, 9.17) is 0 Å². The smallest absolute Gasteiger partial charge is 0.265 e. The van der Waals surface area contributed by atoms with Crippen molar-refractivity contribution in [3.8, 4) is 0 Å². The number of hydrogen-bond donors (Lipinski definition) is 1. The summed E-state index contributed by atoms with van der Waals surface area (Å²) in [5.74, 6) is -0.0778. The number of sulfonamides is 1. The third-order valence-corrected chi connectivity index (χ3v) is 8.34. The summed E-state index contributed by atoms with van der Waals surface area (Å²) in [4.78, 5) is 28.0. The third-order valence-electron chi connectivity index (χ3n) is 6.48.